The molecule has 3 nitrogen and oxygen atoms in total. The molecule has 3 aromatic rings. The van der Waals surface area contributed by atoms with Gasteiger partial charge < -0.3 is 0 Å². The van der Waals surface area contributed by atoms with Gasteiger partial charge in [-0.1, -0.05) is 78.9 Å². The Hall–Kier alpha value is -3.16. The fourth-order valence-electron chi connectivity index (χ4n) is 2.82. The highest BCUT2D eigenvalue weighted by Crippen LogP contribution is 2.36. The lowest BCUT2D eigenvalue weighted by molar-refractivity contribution is 0.603. The van der Waals surface area contributed by atoms with Crippen molar-refractivity contribution in [3.63, 3.8) is 0 Å². The standard InChI is InChI=1S/C22H17NO2S/c1-16-11-13-18(14-12-16)19-7-3-4-8-20(19)21-9-5-6-10-22(21)26(24,25)17(2)15-23/h3-14H,2H2,1H3. The van der Waals surface area contributed by atoms with Crippen LogP contribution in [0.4, 0.5) is 0 Å². The van der Waals surface area contributed by atoms with Crippen LogP contribution in [0.15, 0.2) is 89.2 Å². The molecular formula is C22H17NO2S. The molecule has 0 bridgehead atoms. The van der Waals surface area contributed by atoms with Crippen LogP contribution in [0, 0.1) is 18.3 Å². The van der Waals surface area contributed by atoms with Crippen LogP contribution in [-0.4, -0.2) is 8.42 Å². The van der Waals surface area contributed by atoms with Gasteiger partial charge in [-0.05, 0) is 29.7 Å². The molecule has 0 amide bonds. The molecule has 4 heteroatoms. The number of allylic oxidation sites excluding steroid dienone is 1. The second-order valence-corrected chi connectivity index (χ2v) is 7.89. The van der Waals surface area contributed by atoms with Gasteiger partial charge in [0.25, 0.3) is 0 Å². The van der Waals surface area contributed by atoms with Crippen molar-refractivity contribution in [2.45, 2.75) is 11.8 Å². The maximum Gasteiger partial charge on any atom is 0.216 e. The van der Waals surface area contributed by atoms with Crippen molar-refractivity contribution in [2.75, 3.05) is 0 Å². The van der Waals surface area contributed by atoms with Gasteiger partial charge in [-0.3, -0.25) is 0 Å². The summed E-state index contributed by atoms with van der Waals surface area (Å²) in [6.45, 7) is 5.42. The van der Waals surface area contributed by atoms with Crippen molar-refractivity contribution in [3.05, 3.63) is 89.8 Å². The lowest BCUT2D eigenvalue weighted by Crippen LogP contribution is -2.04. The lowest BCUT2D eigenvalue weighted by Gasteiger charge is -2.14. The summed E-state index contributed by atoms with van der Waals surface area (Å²) in [4.78, 5) is -0.371. The van der Waals surface area contributed by atoms with Gasteiger partial charge in [0.15, 0.2) is 0 Å². The summed E-state index contributed by atoms with van der Waals surface area (Å²) in [5.74, 6) is 0. The fourth-order valence-corrected chi connectivity index (χ4v) is 3.93. The molecule has 0 spiro atoms. The van der Waals surface area contributed by atoms with E-state index in [0.29, 0.717) is 5.56 Å². The van der Waals surface area contributed by atoms with E-state index in [0.717, 1.165) is 22.3 Å². The van der Waals surface area contributed by atoms with Crippen molar-refractivity contribution >= 4 is 9.84 Å². The summed E-state index contributed by atoms with van der Waals surface area (Å²) in [6, 6.07) is 24.1. The molecule has 0 N–H and O–H groups in total. The van der Waals surface area contributed by atoms with E-state index < -0.39 is 14.7 Å². The second-order valence-electron chi connectivity index (χ2n) is 5.95. The summed E-state index contributed by atoms with van der Waals surface area (Å²) < 4.78 is 25.5. The highest BCUT2D eigenvalue weighted by atomic mass is 32.2. The van der Waals surface area contributed by atoms with Crippen LogP contribution in [-0.2, 0) is 9.84 Å². The molecule has 3 rings (SSSR count). The molecule has 0 atom stereocenters. The summed E-state index contributed by atoms with van der Waals surface area (Å²) in [5, 5.41) is 9.02. The number of nitrogens with zero attached hydrogens (tertiary/aromatic N) is 1. The average molecular weight is 359 g/mol. The molecule has 0 heterocycles. The highest BCUT2D eigenvalue weighted by molar-refractivity contribution is 7.95. The van der Waals surface area contributed by atoms with E-state index >= 15 is 0 Å². The van der Waals surface area contributed by atoms with E-state index in [9.17, 15) is 8.42 Å². The van der Waals surface area contributed by atoms with Gasteiger partial charge in [-0.25, -0.2) is 8.42 Å². The molecule has 128 valence electrons. The largest absolute Gasteiger partial charge is 0.218 e. The highest BCUT2D eigenvalue weighted by Gasteiger charge is 2.23. The molecule has 0 aromatic heterocycles. The molecular weight excluding hydrogens is 342 g/mol. The third kappa shape index (κ3) is 3.17. The van der Waals surface area contributed by atoms with E-state index in [4.69, 9.17) is 5.26 Å². The minimum Gasteiger partial charge on any atom is -0.218 e. The average Bonchev–Trinajstić information content (AvgIpc) is 2.68. The number of hydrogen-bond donors (Lipinski definition) is 0. The van der Waals surface area contributed by atoms with Crippen molar-refractivity contribution in [1.29, 1.82) is 5.26 Å². The summed E-state index contributed by atoms with van der Waals surface area (Å²) in [6.07, 6.45) is 0. The molecule has 0 fully saturated rings. The first-order valence-corrected chi connectivity index (χ1v) is 9.53. The van der Waals surface area contributed by atoms with E-state index in [-0.39, 0.29) is 4.90 Å². The number of sulfone groups is 1. The van der Waals surface area contributed by atoms with E-state index in [2.05, 4.69) is 6.58 Å². The Labute approximate surface area is 153 Å². The maximum atomic E-state index is 12.7. The molecule has 0 aliphatic heterocycles. The van der Waals surface area contributed by atoms with Crippen LogP contribution >= 0.6 is 0 Å². The van der Waals surface area contributed by atoms with Crippen molar-refractivity contribution in [1.82, 2.24) is 0 Å². The summed E-state index contributed by atoms with van der Waals surface area (Å²) in [7, 11) is -3.93. The molecule has 0 aliphatic rings. The van der Waals surface area contributed by atoms with Gasteiger partial charge >= 0.3 is 0 Å². The Morgan fingerprint density at radius 3 is 2.00 bits per heavy atom. The quantitative estimate of drug-likeness (QED) is 0.606. The van der Waals surface area contributed by atoms with Gasteiger partial charge in [0, 0.05) is 5.56 Å². The molecule has 0 saturated carbocycles. The van der Waals surface area contributed by atoms with E-state index in [1.54, 1.807) is 24.3 Å². The predicted octanol–water partition coefficient (Wildman–Crippen LogP) is 5.14. The first-order chi connectivity index (χ1) is 12.4. The predicted molar refractivity (Wildman–Crippen MR) is 104 cm³/mol. The minimum absolute atomic E-state index is 0.0890. The van der Waals surface area contributed by atoms with Crippen LogP contribution in [0.25, 0.3) is 22.3 Å². The number of nitriles is 1. The fraction of sp³-hybridized carbons (Fsp3) is 0.0455. The topological polar surface area (TPSA) is 57.9 Å². The minimum atomic E-state index is -3.93. The molecule has 0 aliphatic carbocycles. The van der Waals surface area contributed by atoms with Crippen LogP contribution in [0.2, 0.25) is 0 Å². The Bertz CT molecular complexity index is 1120. The summed E-state index contributed by atoms with van der Waals surface area (Å²) >= 11 is 0. The summed E-state index contributed by atoms with van der Waals surface area (Å²) in [5.41, 5.74) is 4.43. The van der Waals surface area contributed by atoms with Crippen molar-refractivity contribution in [2.24, 2.45) is 0 Å². The van der Waals surface area contributed by atoms with E-state index in [1.165, 1.54) is 6.07 Å². The van der Waals surface area contributed by atoms with Crippen molar-refractivity contribution < 1.29 is 8.42 Å². The van der Waals surface area contributed by atoms with E-state index in [1.807, 2.05) is 55.5 Å². The van der Waals surface area contributed by atoms with Crippen LogP contribution in [0.5, 0.6) is 0 Å². The van der Waals surface area contributed by atoms with Crippen LogP contribution < -0.4 is 0 Å². The third-order valence-corrected chi connectivity index (χ3v) is 5.88. The normalized spacial score (nSPS) is 10.9. The third-order valence-electron chi connectivity index (χ3n) is 4.21. The zero-order chi connectivity index (χ0) is 18.7. The Morgan fingerprint density at radius 1 is 0.846 bits per heavy atom. The van der Waals surface area contributed by atoms with Crippen LogP contribution in [0.3, 0.4) is 0 Å². The van der Waals surface area contributed by atoms with Gasteiger partial charge in [0.1, 0.15) is 11.0 Å². The van der Waals surface area contributed by atoms with Gasteiger partial charge in [-0.15, -0.1) is 0 Å². The second kappa shape index (κ2) is 6.99. The van der Waals surface area contributed by atoms with Crippen molar-refractivity contribution in [3.8, 4) is 28.3 Å². The zero-order valence-electron chi connectivity index (χ0n) is 14.3. The Kier molecular flexibility index (Phi) is 4.75. The first kappa shape index (κ1) is 17.7. The SMILES string of the molecule is C=C(C#N)S(=O)(=O)c1ccccc1-c1ccccc1-c1ccc(C)cc1. The van der Waals surface area contributed by atoms with Crippen LogP contribution in [0.1, 0.15) is 5.56 Å². The molecule has 0 saturated heterocycles. The van der Waals surface area contributed by atoms with Gasteiger partial charge in [0.2, 0.25) is 9.84 Å². The van der Waals surface area contributed by atoms with Gasteiger partial charge in [-0.2, -0.15) is 5.26 Å². The Morgan fingerprint density at radius 2 is 1.38 bits per heavy atom. The molecule has 0 radical (unpaired) electrons. The Balaban J connectivity index is 2.26. The molecule has 3 aromatic carbocycles. The molecule has 26 heavy (non-hydrogen) atoms. The maximum absolute atomic E-state index is 12.7. The number of rotatable bonds is 4. The number of hydrogen-bond acceptors (Lipinski definition) is 3. The smallest absolute Gasteiger partial charge is 0.216 e. The number of benzene rings is 3. The first-order valence-electron chi connectivity index (χ1n) is 8.04. The lowest BCUT2D eigenvalue weighted by atomic mass is 9.94. The molecule has 0 unspecified atom stereocenters. The zero-order valence-corrected chi connectivity index (χ0v) is 15.1. The number of aryl methyl sites for hydroxylation is 1. The van der Waals surface area contributed by atoms with Gasteiger partial charge in [0.05, 0.1) is 4.90 Å². The monoisotopic (exact) mass is 359 g/mol.